The van der Waals surface area contributed by atoms with Crippen molar-refractivity contribution in [2.75, 3.05) is 0 Å². The van der Waals surface area contributed by atoms with E-state index in [0.29, 0.717) is 0 Å². The van der Waals surface area contributed by atoms with Crippen LogP contribution >= 0.6 is 0 Å². The Bertz CT molecular complexity index is 845. The van der Waals surface area contributed by atoms with Crippen LogP contribution in [0.5, 0.6) is 11.5 Å². The molecule has 0 saturated carbocycles. The Hall–Kier alpha value is -2.70. The number of benzene rings is 2. The van der Waals surface area contributed by atoms with Crippen molar-refractivity contribution < 1.29 is 59.2 Å². The lowest BCUT2D eigenvalue weighted by atomic mass is 9.98. The molecule has 0 aliphatic carbocycles. The third-order valence-electron chi connectivity index (χ3n) is 3.67. The molecule has 0 heterocycles. The van der Waals surface area contributed by atoms with Crippen LogP contribution in [-0.2, 0) is 12.8 Å². The molecular formula is C15H6F10O3. The minimum atomic E-state index is -2.44. The molecule has 0 aromatic heterocycles. The monoisotopic (exact) mass is 424 g/mol. The number of hydrogen-bond acceptors (Lipinski definition) is 3. The molecular weight excluding hydrogens is 418 g/mol. The van der Waals surface area contributed by atoms with Crippen LogP contribution in [0.4, 0.5) is 44.2 Å². The lowest BCUT2D eigenvalue weighted by Gasteiger charge is -2.16. The van der Waals surface area contributed by atoms with Gasteiger partial charge in [-0.15, -0.1) is 0 Å². The van der Waals surface area contributed by atoms with Crippen LogP contribution in [-0.4, -0.2) is 11.2 Å². The topological polar surface area (TPSA) is 38.7 Å². The standard InChI is InChI=1S/C15H6F10O3/c16-6-4(14(27-24)12(22)10(20)8(6)18)1-3(26)2-5-7(17)9(19)11(21)13(23)15(5)28-25/h3,26H,1-2H2. The fourth-order valence-electron chi connectivity index (χ4n) is 2.38. The highest BCUT2D eigenvalue weighted by Gasteiger charge is 2.32. The summed E-state index contributed by atoms with van der Waals surface area (Å²) in [6.45, 7) is 0. The van der Waals surface area contributed by atoms with E-state index in [1.54, 1.807) is 0 Å². The molecule has 0 unspecified atom stereocenters. The lowest BCUT2D eigenvalue weighted by Crippen LogP contribution is -2.19. The summed E-state index contributed by atoms with van der Waals surface area (Å²) in [5, 5.41) is 9.78. The molecule has 0 bridgehead atoms. The number of halogens is 10. The van der Waals surface area contributed by atoms with Crippen LogP contribution in [0.1, 0.15) is 11.1 Å². The molecule has 2 aromatic rings. The van der Waals surface area contributed by atoms with E-state index in [1.807, 2.05) is 0 Å². The second-order valence-electron chi connectivity index (χ2n) is 5.34. The normalized spacial score (nSPS) is 11.3. The second-order valence-corrected chi connectivity index (χ2v) is 5.34. The van der Waals surface area contributed by atoms with Gasteiger partial charge in [0.2, 0.25) is 34.8 Å². The molecule has 0 saturated heterocycles. The van der Waals surface area contributed by atoms with E-state index in [9.17, 15) is 49.3 Å². The van der Waals surface area contributed by atoms with E-state index in [2.05, 4.69) is 9.88 Å². The molecule has 0 radical (unpaired) electrons. The van der Waals surface area contributed by atoms with Crippen LogP contribution < -0.4 is 9.88 Å². The maximum absolute atomic E-state index is 13.7. The molecule has 0 aliphatic rings. The third-order valence-corrected chi connectivity index (χ3v) is 3.67. The Kier molecular flexibility index (Phi) is 6.27. The van der Waals surface area contributed by atoms with Gasteiger partial charge in [-0.05, 0) is 0 Å². The smallest absolute Gasteiger partial charge is 0.216 e. The Balaban J connectivity index is 2.46. The van der Waals surface area contributed by atoms with Crippen molar-refractivity contribution in [2.45, 2.75) is 18.9 Å². The molecule has 0 amide bonds. The molecule has 3 nitrogen and oxygen atoms in total. The molecule has 0 fully saturated rings. The number of hydrogen-bond donors (Lipinski definition) is 1. The Morgan fingerprint density at radius 1 is 0.536 bits per heavy atom. The van der Waals surface area contributed by atoms with Crippen molar-refractivity contribution in [3.05, 3.63) is 57.7 Å². The highest BCUT2D eigenvalue weighted by molar-refractivity contribution is 5.40. The molecule has 28 heavy (non-hydrogen) atoms. The summed E-state index contributed by atoms with van der Waals surface area (Å²) in [6, 6.07) is 0. The van der Waals surface area contributed by atoms with Crippen molar-refractivity contribution in [3.8, 4) is 11.5 Å². The van der Waals surface area contributed by atoms with Gasteiger partial charge in [-0.1, -0.05) is 0 Å². The molecule has 2 aromatic carbocycles. The Labute approximate surface area is 148 Å². The van der Waals surface area contributed by atoms with Crippen molar-refractivity contribution in [1.82, 2.24) is 0 Å². The fraction of sp³-hybridized carbons (Fsp3) is 0.200. The summed E-state index contributed by atoms with van der Waals surface area (Å²) in [6.07, 6.45) is -4.89. The average molecular weight is 424 g/mol. The maximum atomic E-state index is 13.7. The predicted molar refractivity (Wildman–Crippen MR) is 69.4 cm³/mol. The van der Waals surface area contributed by atoms with Crippen molar-refractivity contribution >= 4 is 0 Å². The highest BCUT2D eigenvalue weighted by atomic mass is 19.3. The van der Waals surface area contributed by atoms with Crippen LogP contribution in [0.3, 0.4) is 0 Å². The average Bonchev–Trinajstić information content (AvgIpc) is 2.67. The first kappa shape index (κ1) is 21.6. The number of aliphatic hydroxyl groups is 1. The summed E-state index contributed by atoms with van der Waals surface area (Å²) < 4.78 is 132. The van der Waals surface area contributed by atoms with Gasteiger partial charge in [-0.3, -0.25) is 9.88 Å². The van der Waals surface area contributed by atoms with Gasteiger partial charge >= 0.3 is 0 Å². The van der Waals surface area contributed by atoms with Gasteiger partial charge < -0.3 is 5.11 Å². The van der Waals surface area contributed by atoms with Crippen LogP contribution in [0.25, 0.3) is 0 Å². The van der Waals surface area contributed by atoms with Gasteiger partial charge in [-0.25, -0.2) is 26.3 Å². The molecule has 2 rings (SSSR count). The molecule has 0 aliphatic heterocycles. The van der Waals surface area contributed by atoms with Crippen molar-refractivity contribution in [2.24, 2.45) is 0 Å². The van der Waals surface area contributed by atoms with Crippen molar-refractivity contribution in [3.63, 3.8) is 0 Å². The zero-order chi connectivity index (χ0) is 21.3. The van der Waals surface area contributed by atoms with Crippen LogP contribution in [0.15, 0.2) is 0 Å². The minimum Gasteiger partial charge on any atom is -0.392 e. The van der Waals surface area contributed by atoms with Crippen LogP contribution in [0, 0.1) is 46.5 Å². The lowest BCUT2D eigenvalue weighted by molar-refractivity contribution is -0.0151. The molecule has 154 valence electrons. The number of aliphatic hydroxyl groups excluding tert-OH is 1. The van der Waals surface area contributed by atoms with Gasteiger partial charge in [0.1, 0.15) is 0 Å². The zero-order valence-electron chi connectivity index (χ0n) is 13.0. The van der Waals surface area contributed by atoms with E-state index < -0.39 is 88.1 Å². The van der Waals surface area contributed by atoms with Crippen LogP contribution in [0.2, 0.25) is 0 Å². The van der Waals surface area contributed by atoms with Gasteiger partial charge in [-0.2, -0.15) is 8.78 Å². The van der Waals surface area contributed by atoms with Gasteiger partial charge in [0.05, 0.1) is 6.10 Å². The SMILES string of the molecule is OC(Cc1c(F)c(F)c(F)c(F)c1OF)Cc1c(F)c(F)c(F)c(F)c1OF. The van der Waals surface area contributed by atoms with E-state index in [0.717, 1.165) is 0 Å². The van der Waals surface area contributed by atoms with E-state index in [1.165, 1.54) is 0 Å². The summed E-state index contributed by atoms with van der Waals surface area (Å²) in [5.74, 6) is -22.3. The van der Waals surface area contributed by atoms with E-state index >= 15 is 0 Å². The summed E-state index contributed by atoms with van der Waals surface area (Å²) in [5.41, 5.74) is -2.81. The minimum absolute atomic E-state index is 1.33. The molecule has 0 spiro atoms. The quantitative estimate of drug-likeness (QED) is 0.423. The molecule has 1 N–H and O–H groups in total. The van der Waals surface area contributed by atoms with Crippen molar-refractivity contribution in [1.29, 1.82) is 0 Å². The number of rotatable bonds is 6. The predicted octanol–water partition coefficient (Wildman–Crippen LogP) is 4.47. The second kappa shape index (κ2) is 8.12. The zero-order valence-corrected chi connectivity index (χ0v) is 13.0. The Morgan fingerprint density at radius 2 is 0.821 bits per heavy atom. The molecule has 13 heteroatoms. The summed E-state index contributed by atoms with van der Waals surface area (Å²) >= 11 is 0. The molecule has 0 atom stereocenters. The first-order chi connectivity index (χ1) is 13.1. The summed E-state index contributed by atoms with van der Waals surface area (Å²) in [7, 11) is 0. The van der Waals surface area contributed by atoms with Gasteiger partial charge in [0, 0.05) is 33.0 Å². The Morgan fingerprint density at radius 3 is 1.11 bits per heavy atom. The first-order valence-corrected chi connectivity index (χ1v) is 7.01. The third kappa shape index (κ3) is 3.53. The van der Waals surface area contributed by atoms with Gasteiger partial charge in [0.15, 0.2) is 23.3 Å². The maximum Gasteiger partial charge on any atom is 0.216 e. The first-order valence-electron chi connectivity index (χ1n) is 7.01. The highest BCUT2D eigenvalue weighted by Crippen LogP contribution is 2.35. The van der Waals surface area contributed by atoms with E-state index in [4.69, 9.17) is 0 Å². The fourth-order valence-corrected chi connectivity index (χ4v) is 2.38. The summed E-state index contributed by atoms with van der Waals surface area (Å²) in [4.78, 5) is 5.81. The largest absolute Gasteiger partial charge is 0.392 e. The van der Waals surface area contributed by atoms with Gasteiger partial charge in [0.25, 0.3) is 0 Å². The van der Waals surface area contributed by atoms with E-state index in [-0.39, 0.29) is 0 Å².